The van der Waals surface area contributed by atoms with Gasteiger partial charge in [-0.05, 0) is 56.5 Å². The van der Waals surface area contributed by atoms with Crippen molar-refractivity contribution in [2.75, 3.05) is 17.7 Å². The summed E-state index contributed by atoms with van der Waals surface area (Å²) in [6, 6.07) is 15.7. The minimum absolute atomic E-state index is 0.324. The van der Waals surface area contributed by atoms with Gasteiger partial charge in [0.15, 0.2) is 0 Å². The Balaban J connectivity index is 2.27. The first kappa shape index (κ1) is 22.7. The third-order valence-electron chi connectivity index (χ3n) is 4.61. The van der Waals surface area contributed by atoms with Crippen LogP contribution in [-0.4, -0.2) is 39.3 Å². The van der Waals surface area contributed by atoms with Gasteiger partial charge in [0.25, 0.3) is 0 Å². The summed E-state index contributed by atoms with van der Waals surface area (Å²) in [5.74, 6) is 0.290. The lowest BCUT2D eigenvalue weighted by Crippen LogP contribution is -2.55. The van der Waals surface area contributed by atoms with Gasteiger partial charge >= 0.3 is 0 Å². The molecule has 0 aliphatic heterocycles. The number of sulfonamides is 1. The van der Waals surface area contributed by atoms with Crippen LogP contribution >= 0.6 is 0 Å². The molecule has 0 aromatic heterocycles. The van der Waals surface area contributed by atoms with E-state index in [0.717, 1.165) is 11.8 Å². The van der Waals surface area contributed by atoms with E-state index in [4.69, 9.17) is 4.74 Å². The molecule has 0 spiro atoms. The fourth-order valence-electron chi connectivity index (χ4n) is 3.36. The lowest BCUT2D eigenvalue weighted by molar-refractivity contribution is -0.123. The van der Waals surface area contributed by atoms with Gasteiger partial charge in [-0.15, -0.1) is 0 Å². The van der Waals surface area contributed by atoms with Crippen LogP contribution < -0.4 is 14.4 Å². The number of hydrogen-bond donors (Lipinski definition) is 1. The Labute approximate surface area is 173 Å². The molecule has 158 valence electrons. The van der Waals surface area contributed by atoms with Crippen LogP contribution in [-0.2, 0) is 21.2 Å². The van der Waals surface area contributed by atoms with Crippen LogP contribution in [0, 0.1) is 0 Å². The molecule has 1 unspecified atom stereocenters. The first-order chi connectivity index (χ1) is 13.6. The predicted octanol–water partition coefficient (Wildman–Crippen LogP) is 3.38. The van der Waals surface area contributed by atoms with Crippen LogP contribution in [0.25, 0.3) is 0 Å². The van der Waals surface area contributed by atoms with E-state index in [2.05, 4.69) is 5.32 Å². The van der Waals surface area contributed by atoms with Crippen molar-refractivity contribution >= 4 is 21.6 Å². The Hall–Kier alpha value is -2.54. The number of nitrogens with one attached hydrogen (secondary N) is 1. The highest BCUT2D eigenvalue weighted by Crippen LogP contribution is 2.25. The zero-order chi connectivity index (χ0) is 21.7. The van der Waals surface area contributed by atoms with Gasteiger partial charge in [-0.3, -0.25) is 9.10 Å². The van der Waals surface area contributed by atoms with E-state index in [1.54, 1.807) is 38.3 Å². The molecule has 6 nitrogen and oxygen atoms in total. The Morgan fingerprint density at radius 3 is 2.17 bits per heavy atom. The SMILES string of the molecule is CCC(C(=O)NC(C)(C)Cc1ccccc1)N(c1ccc(OC)cc1)S(C)(=O)=O. The molecule has 0 heterocycles. The second-order valence-corrected chi connectivity index (χ2v) is 9.58. The largest absolute Gasteiger partial charge is 0.497 e. The minimum Gasteiger partial charge on any atom is -0.497 e. The molecule has 7 heteroatoms. The van der Waals surface area contributed by atoms with Crippen LogP contribution in [0.2, 0.25) is 0 Å². The molecular weight excluding hydrogens is 388 g/mol. The van der Waals surface area contributed by atoms with Crippen LogP contribution in [0.1, 0.15) is 32.8 Å². The summed E-state index contributed by atoms with van der Waals surface area (Å²) >= 11 is 0. The number of anilines is 1. The summed E-state index contributed by atoms with van der Waals surface area (Å²) in [5.41, 5.74) is 0.992. The predicted molar refractivity (Wildman–Crippen MR) is 117 cm³/mol. The minimum atomic E-state index is -3.68. The maximum absolute atomic E-state index is 13.1. The summed E-state index contributed by atoms with van der Waals surface area (Å²) in [4.78, 5) is 13.1. The molecule has 0 radical (unpaired) electrons. The summed E-state index contributed by atoms with van der Waals surface area (Å²) in [6.07, 6.45) is 2.09. The first-order valence-electron chi connectivity index (χ1n) is 9.57. The number of carbonyl (C=O) groups is 1. The average Bonchev–Trinajstić information content (AvgIpc) is 2.65. The molecule has 2 aromatic carbocycles. The van der Waals surface area contributed by atoms with Gasteiger partial charge in [-0.2, -0.15) is 0 Å². The van der Waals surface area contributed by atoms with Gasteiger partial charge in [-0.1, -0.05) is 37.3 Å². The van der Waals surface area contributed by atoms with Crippen molar-refractivity contribution in [2.24, 2.45) is 0 Å². The van der Waals surface area contributed by atoms with E-state index < -0.39 is 21.6 Å². The van der Waals surface area contributed by atoms with E-state index in [-0.39, 0.29) is 5.91 Å². The van der Waals surface area contributed by atoms with Crippen LogP contribution in [0.3, 0.4) is 0 Å². The molecule has 0 aliphatic carbocycles. The molecule has 0 bridgehead atoms. The number of benzene rings is 2. The molecule has 0 saturated heterocycles. The number of ether oxygens (including phenoxy) is 1. The second kappa shape index (κ2) is 9.31. The Bertz CT molecular complexity index is 910. The van der Waals surface area contributed by atoms with Crippen molar-refractivity contribution in [3.05, 3.63) is 60.2 Å². The van der Waals surface area contributed by atoms with Gasteiger partial charge in [0.1, 0.15) is 11.8 Å². The van der Waals surface area contributed by atoms with Crippen LogP contribution in [0.15, 0.2) is 54.6 Å². The molecule has 1 atom stereocenters. The number of amides is 1. The Morgan fingerprint density at radius 1 is 1.10 bits per heavy atom. The molecule has 0 aliphatic rings. The molecule has 1 amide bonds. The number of methoxy groups -OCH3 is 1. The number of nitrogens with zero attached hydrogens (tertiary/aromatic N) is 1. The number of rotatable bonds is 9. The fraction of sp³-hybridized carbons (Fsp3) is 0.409. The van der Waals surface area contributed by atoms with Gasteiger partial charge in [-0.25, -0.2) is 8.42 Å². The van der Waals surface area contributed by atoms with Crippen molar-refractivity contribution in [3.8, 4) is 5.75 Å². The fourth-order valence-corrected chi connectivity index (χ4v) is 4.57. The summed E-state index contributed by atoms with van der Waals surface area (Å²) < 4.78 is 31.4. The maximum Gasteiger partial charge on any atom is 0.244 e. The molecular formula is C22H30N2O4S. The van der Waals surface area contributed by atoms with Gasteiger partial charge in [0, 0.05) is 5.54 Å². The topological polar surface area (TPSA) is 75.7 Å². The molecule has 0 saturated carbocycles. The maximum atomic E-state index is 13.1. The molecule has 0 fully saturated rings. The first-order valence-corrected chi connectivity index (χ1v) is 11.4. The van der Waals surface area contributed by atoms with Crippen LogP contribution in [0.5, 0.6) is 5.75 Å². The van der Waals surface area contributed by atoms with Crippen molar-refractivity contribution in [2.45, 2.75) is 45.2 Å². The highest BCUT2D eigenvalue weighted by molar-refractivity contribution is 7.92. The molecule has 2 rings (SSSR count). The zero-order valence-corrected chi connectivity index (χ0v) is 18.5. The molecule has 29 heavy (non-hydrogen) atoms. The van der Waals surface area contributed by atoms with Crippen molar-refractivity contribution < 1.29 is 17.9 Å². The summed E-state index contributed by atoms with van der Waals surface area (Å²) in [6.45, 7) is 5.67. The van der Waals surface area contributed by atoms with Gasteiger partial charge < -0.3 is 10.1 Å². The second-order valence-electron chi connectivity index (χ2n) is 7.72. The highest BCUT2D eigenvalue weighted by atomic mass is 32.2. The molecule has 1 N–H and O–H groups in total. The summed E-state index contributed by atoms with van der Waals surface area (Å²) in [5, 5.41) is 3.03. The van der Waals surface area contributed by atoms with E-state index in [1.165, 1.54) is 4.31 Å². The number of carbonyl (C=O) groups excluding carboxylic acids is 1. The zero-order valence-electron chi connectivity index (χ0n) is 17.7. The van der Waals surface area contributed by atoms with Crippen molar-refractivity contribution in [1.82, 2.24) is 5.32 Å². The normalized spacial score (nSPS) is 12.9. The average molecular weight is 419 g/mol. The third kappa shape index (κ3) is 6.22. The van der Waals surface area contributed by atoms with E-state index in [1.807, 2.05) is 44.2 Å². The Kier molecular flexibility index (Phi) is 7.30. The van der Waals surface area contributed by atoms with E-state index in [0.29, 0.717) is 24.3 Å². The smallest absolute Gasteiger partial charge is 0.244 e. The molecule has 2 aromatic rings. The highest BCUT2D eigenvalue weighted by Gasteiger charge is 2.34. The quantitative estimate of drug-likeness (QED) is 0.677. The van der Waals surface area contributed by atoms with Gasteiger partial charge in [0.05, 0.1) is 19.1 Å². The van der Waals surface area contributed by atoms with E-state index >= 15 is 0 Å². The lowest BCUT2D eigenvalue weighted by Gasteiger charge is -2.34. The van der Waals surface area contributed by atoms with Crippen molar-refractivity contribution in [3.63, 3.8) is 0 Å². The van der Waals surface area contributed by atoms with Crippen LogP contribution in [0.4, 0.5) is 5.69 Å². The number of hydrogen-bond acceptors (Lipinski definition) is 4. The van der Waals surface area contributed by atoms with Gasteiger partial charge in [0.2, 0.25) is 15.9 Å². The monoisotopic (exact) mass is 418 g/mol. The lowest BCUT2D eigenvalue weighted by atomic mass is 9.94. The third-order valence-corrected chi connectivity index (χ3v) is 5.79. The van der Waals surface area contributed by atoms with E-state index in [9.17, 15) is 13.2 Å². The van der Waals surface area contributed by atoms with Crippen molar-refractivity contribution in [1.29, 1.82) is 0 Å². The Morgan fingerprint density at radius 2 is 1.69 bits per heavy atom. The standard InChI is InChI=1S/C22H30N2O4S/c1-6-20(21(25)23-22(2,3)16-17-10-8-7-9-11-17)24(29(5,26)27)18-12-14-19(28-4)15-13-18/h7-15,20H,6,16H2,1-5H3,(H,23,25). The summed E-state index contributed by atoms with van der Waals surface area (Å²) in [7, 11) is -2.13.